The molecule has 0 aliphatic carbocycles. The molecule has 0 radical (unpaired) electrons. The fraction of sp³-hybridized carbons (Fsp3) is 0.364. The number of nitrogens with one attached hydrogen (secondary N) is 1. The highest BCUT2D eigenvalue weighted by Gasteiger charge is 2.25. The van der Waals surface area contributed by atoms with Crippen molar-refractivity contribution < 1.29 is 4.79 Å². The molecule has 0 aliphatic rings. The zero-order valence-corrected chi connectivity index (χ0v) is 12.4. The molecule has 16 heavy (non-hydrogen) atoms. The molecular formula is C11H12Cl2INO. The fourth-order valence-corrected chi connectivity index (χ4v) is 2.14. The second kappa shape index (κ2) is 6.07. The predicted octanol–water partition coefficient (Wildman–Crippen LogP) is 3.26. The van der Waals surface area contributed by atoms with Crippen molar-refractivity contribution in [3.8, 4) is 0 Å². The molecule has 0 saturated heterocycles. The Balaban J connectivity index is 2.84. The molecule has 0 aliphatic heterocycles. The van der Waals surface area contributed by atoms with E-state index in [9.17, 15) is 4.79 Å². The highest BCUT2D eigenvalue weighted by atomic mass is 127. The van der Waals surface area contributed by atoms with Gasteiger partial charge in [0.15, 0.2) is 0 Å². The Hall–Kier alpha value is -0.000000000000000111. The summed E-state index contributed by atoms with van der Waals surface area (Å²) >= 11 is 13.7. The first-order valence-electron chi connectivity index (χ1n) is 4.71. The maximum atomic E-state index is 12.0. The number of carbonyl (C=O) groups excluding carboxylic acids is 1. The van der Waals surface area contributed by atoms with Crippen molar-refractivity contribution in [2.75, 3.05) is 11.8 Å². The van der Waals surface area contributed by atoms with Gasteiger partial charge in [-0.05, 0) is 41.6 Å². The highest BCUT2D eigenvalue weighted by Crippen LogP contribution is 2.14. The molecule has 0 heterocycles. The van der Waals surface area contributed by atoms with Crippen molar-refractivity contribution in [2.24, 2.45) is 0 Å². The number of benzene rings is 1. The Morgan fingerprint density at radius 2 is 1.94 bits per heavy atom. The standard InChI is InChI=1S/C11H12Cl2INO/c1-11(6-12,7-13)15-10(16)8-4-2-3-5-9(8)14/h2-5H,6-7H2,1H3,(H,15,16). The third-order valence-electron chi connectivity index (χ3n) is 2.12. The summed E-state index contributed by atoms with van der Waals surface area (Å²) < 4.78 is 0.907. The zero-order chi connectivity index (χ0) is 12.2. The van der Waals surface area contributed by atoms with Crippen LogP contribution in [0.15, 0.2) is 24.3 Å². The van der Waals surface area contributed by atoms with Crippen LogP contribution in [0.2, 0.25) is 0 Å². The van der Waals surface area contributed by atoms with Crippen LogP contribution in [0.4, 0.5) is 0 Å². The molecular weight excluding hydrogens is 360 g/mol. The number of alkyl halides is 2. The Morgan fingerprint density at radius 1 is 1.38 bits per heavy atom. The van der Waals surface area contributed by atoms with Crippen LogP contribution in [0, 0.1) is 3.57 Å². The number of carbonyl (C=O) groups is 1. The monoisotopic (exact) mass is 371 g/mol. The van der Waals surface area contributed by atoms with E-state index in [1.54, 1.807) is 6.07 Å². The van der Waals surface area contributed by atoms with Gasteiger partial charge in [-0.15, -0.1) is 23.2 Å². The van der Waals surface area contributed by atoms with Crippen molar-refractivity contribution in [2.45, 2.75) is 12.5 Å². The van der Waals surface area contributed by atoms with Crippen LogP contribution in [0.1, 0.15) is 17.3 Å². The number of amides is 1. The number of hydrogen-bond donors (Lipinski definition) is 1. The Bertz CT molecular complexity index is 380. The lowest BCUT2D eigenvalue weighted by molar-refractivity contribution is 0.0920. The average Bonchev–Trinajstić information content (AvgIpc) is 2.29. The van der Waals surface area contributed by atoms with Gasteiger partial charge in [-0.25, -0.2) is 0 Å². The summed E-state index contributed by atoms with van der Waals surface area (Å²) in [4.78, 5) is 12.0. The summed E-state index contributed by atoms with van der Waals surface area (Å²) in [6.45, 7) is 1.82. The fourth-order valence-electron chi connectivity index (χ4n) is 1.09. The van der Waals surface area contributed by atoms with Crippen LogP contribution in [0.25, 0.3) is 0 Å². The van der Waals surface area contributed by atoms with Gasteiger partial charge in [0.25, 0.3) is 5.91 Å². The molecule has 0 bridgehead atoms. The van der Waals surface area contributed by atoms with Crippen LogP contribution in [-0.4, -0.2) is 23.2 Å². The van der Waals surface area contributed by atoms with E-state index in [4.69, 9.17) is 23.2 Å². The lowest BCUT2D eigenvalue weighted by Crippen LogP contribution is -2.49. The average molecular weight is 372 g/mol. The minimum Gasteiger partial charge on any atom is -0.344 e. The Labute approximate surface area is 119 Å². The van der Waals surface area contributed by atoms with E-state index in [0.717, 1.165) is 3.57 Å². The van der Waals surface area contributed by atoms with Crippen LogP contribution in [0.3, 0.4) is 0 Å². The van der Waals surface area contributed by atoms with Crippen molar-refractivity contribution in [3.63, 3.8) is 0 Å². The van der Waals surface area contributed by atoms with Crippen LogP contribution >= 0.6 is 45.8 Å². The van der Waals surface area contributed by atoms with E-state index in [2.05, 4.69) is 27.9 Å². The molecule has 5 heteroatoms. The molecule has 0 saturated carbocycles. The van der Waals surface area contributed by atoms with Crippen molar-refractivity contribution in [1.82, 2.24) is 5.32 Å². The summed E-state index contributed by atoms with van der Waals surface area (Å²) in [5.41, 5.74) is 0.0728. The van der Waals surface area contributed by atoms with Crippen LogP contribution < -0.4 is 5.32 Å². The summed E-state index contributed by atoms with van der Waals surface area (Å²) in [7, 11) is 0. The topological polar surface area (TPSA) is 29.1 Å². The second-order valence-electron chi connectivity index (χ2n) is 3.76. The van der Waals surface area contributed by atoms with Crippen molar-refractivity contribution >= 4 is 51.7 Å². The van der Waals surface area contributed by atoms with Crippen molar-refractivity contribution in [1.29, 1.82) is 0 Å². The van der Waals surface area contributed by atoms with Gasteiger partial charge >= 0.3 is 0 Å². The predicted molar refractivity (Wildman–Crippen MR) is 76.5 cm³/mol. The number of hydrogen-bond acceptors (Lipinski definition) is 1. The molecule has 0 atom stereocenters. The van der Waals surface area contributed by atoms with E-state index in [1.165, 1.54) is 0 Å². The van der Waals surface area contributed by atoms with Crippen molar-refractivity contribution in [3.05, 3.63) is 33.4 Å². The third-order valence-corrected chi connectivity index (χ3v) is 4.24. The lowest BCUT2D eigenvalue weighted by atomic mass is 10.1. The Morgan fingerprint density at radius 3 is 2.44 bits per heavy atom. The lowest BCUT2D eigenvalue weighted by Gasteiger charge is -2.26. The molecule has 1 N–H and O–H groups in total. The SMILES string of the molecule is CC(CCl)(CCl)NC(=O)c1ccccc1I. The molecule has 1 aromatic rings. The first-order valence-corrected chi connectivity index (χ1v) is 6.86. The quantitative estimate of drug-likeness (QED) is 0.638. The van der Waals surface area contributed by atoms with E-state index < -0.39 is 5.54 Å². The minimum atomic E-state index is -0.570. The van der Waals surface area contributed by atoms with Crippen LogP contribution in [-0.2, 0) is 0 Å². The van der Waals surface area contributed by atoms with Gasteiger partial charge in [0.05, 0.1) is 11.1 Å². The molecule has 2 nitrogen and oxygen atoms in total. The summed E-state index contributed by atoms with van der Waals surface area (Å²) in [5, 5.41) is 2.84. The smallest absolute Gasteiger partial charge is 0.252 e. The normalized spacial score (nSPS) is 11.2. The van der Waals surface area contributed by atoms with Gasteiger partial charge in [-0.3, -0.25) is 4.79 Å². The molecule has 0 aromatic heterocycles. The first kappa shape index (κ1) is 14.1. The maximum Gasteiger partial charge on any atom is 0.252 e. The van der Waals surface area contributed by atoms with Gasteiger partial charge in [0.2, 0.25) is 0 Å². The number of rotatable bonds is 4. The minimum absolute atomic E-state index is 0.145. The van der Waals surface area contributed by atoms with Gasteiger partial charge in [-0.1, -0.05) is 12.1 Å². The first-order chi connectivity index (χ1) is 7.52. The summed E-state index contributed by atoms with van der Waals surface area (Å²) in [5.74, 6) is 0.422. The molecule has 0 fully saturated rings. The van der Waals surface area contributed by atoms with E-state index >= 15 is 0 Å². The van der Waals surface area contributed by atoms with E-state index in [1.807, 2.05) is 25.1 Å². The van der Waals surface area contributed by atoms with Crippen LogP contribution in [0.5, 0.6) is 0 Å². The van der Waals surface area contributed by atoms with Gasteiger partial charge in [-0.2, -0.15) is 0 Å². The highest BCUT2D eigenvalue weighted by molar-refractivity contribution is 14.1. The van der Waals surface area contributed by atoms with E-state index in [-0.39, 0.29) is 17.7 Å². The van der Waals surface area contributed by atoms with Gasteiger partial charge in [0, 0.05) is 15.3 Å². The van der Waals surface area contributed by atoms with Gasteiger partial charge < -0.3 is 5.32 Å². The molecule has 88 valence electrons. The Kier molecular flexibility index (Phi) is 5.34. The molecule has 0 unspecified atom stereocenters. The molecule has 1 amide bonds. The maximum absolute atomic E-state index is 12.0. The summed E-state index contributed by atoms with van der Waals surface area (Å²) in [6.07, 6.45) is 0. The number of halogens is 3. The van der Waals surface area contributed by atoms with Gasteiger partial charge in [0.1, 0.15) is 0 Å². The summed E-state index contributed by atoms with van der Waals surface area (Å²) in [6, 6.07) is 7.38. The molecule has 1 rings (SSSR count). The largest absolute Gasteiger partial charge is 0.344 e. The second-order valence-corrected chi connectivity index (χ2v) is 5.46. The zero-order valence-electron chi connectivity index (χ0n) is 8.77. The third kappa shape index (κ3) is 3.50. The van der Waals surface area contributed by atoms with E-state index in [0.29, 0.717) is 5.56 Å². The molecule has 1 aromatic carbocycles. The molecule has 0 spiro atoms.